The lowest BCUT2D eigenvalue weighted by Gasteiger charge is -2.05. The van der Waals surface area contributed by atoms with Crippen molar-refractivity contribution in [2.24, 2.45) is 0 Å². The molecule has 102 valence electrons. The molecule has 1 aromatic carbocycles. The van der Waals surface area contributed by atoms with E-state index in [0.29, 0.717) is 0 Å². The van der Waals surface area contributed by atoms with Gasteiger partial charge in [-0.3, -0.25) is 0 Å². The molecule has 0 aliphatic heterocycles. The van der Waals surface area contributed by atoms with Crippen LogP contribution in [0.25, 0.3) is 0 Å². The maximum absolute atomic E-state index is 5.65. The minimum atomic E-state index is 0.749. The normalized spacial score (nSPS) is 10.7. The average Bonchev–Trinajstić information content (AvgIpc) is 2.42. The fourth-order valence-corrected chi connectivity index (χ4v) is 1.87. The summed E-state index contributed by atoms with van der Waals surface area (Å²) in [5.41, 5.74) is 1.27. The summed E-state index contributed by atoms with van der Waals surface area (Å²) in [6, 6.07) is 10.4. The lowest BCUT2D eigenvalue weighted by molar-refractivity contribution is 0.116. The maximum Gasteiger partial charge on any atom is 0.0716 e. The van der Waals surface area contributed by atoms with Gasteiger partial charge < -0.3 is 10.1 Å². The molecule has 1 N–H and O–H groups in total. The maximum atomic E-state index is 5.65. The van der Waals surface area contributed by atoms with E-state index in [1.165, 1.54) is 44.2 Å². The summed E-state index contributed by atoms with van der Waals surface area (Å²) < 4.78 is 5.65. The lowest BCUT2D eigenvalue weighted by atomic mass is 10.2. The fraction of sp³-hybridized carbons (Fsp3) is 0.625. The summed E-state index contributed by atoms with van der Waals surface area (Å²) in [5.74, 6) is 0. The van der Waals surface area contributed by atoms with Crippen LogP contribution in [0.1, 0.15) is 44.6 Å². The van der Waals surface area contributed by atoms with Crippen molar-refractivity contribution in [3.63, 3.8) is 0 Å². The predicted octanol–water partition coefficient (Wildman–Crippen LogP) is 3.76. The van der Waals surface area contributed by atoms with E-state index in [4.69, 9.17) is 4.74 Å². The minimum absolute atomic E-state index is 0.749. The molecule has 0 fully saturated rings. The zero-order valence-electron chi connectivity index (χ0n) is 11.7. The highest BCUT2D eigenvalue weighted by Crippen LogP contribution is 2.03. The Kier molecular flexibility index (Phi) is 9.49. The van der Waals surface area contributed by atoms with Crippen molar-refractivity contribution in [1.82, 2.24) is 5.32 Å². The van der Waals surface area contributed by atoms with E-state index < -0.39 is 0 Å². The fourth-order valence-electron chi connectivity index (χ4n) is 1.87. The molecule has 0 unspecified atom stereocenters. The third-order valence-corrected chi connectivity index (χ3v) is 2.93. The molecule has 2 heteroatoms. The van der Waals surface area contributed by atoms with Gasteiger partial charge in [0, 0.05) is 6.61 Å². The van der Waals surface area contributed by atoms with Gasteiger partial charge >= 0.3 is 0 Å². The van der Waals surface area contributed by atoms with Crippen molar-refractivity contribution in [3.05, 3.63) is 35.9 Å². The lowest BCUT2D eigenvalue weighted by Crippen LogP contribution is -2.15. The van der Waals surface area contributed by atoms with Gasteiger partial charge in [0.15, 0.2) is 0 Å². The molecule has 0 atom stereocenters. The summed E-state index contributed by atoms with van der Waals surface area (Å²) in [4.78, 5) is 0. The molecule has 0 spiro atoms. The second kappa shape index (κ2) is 11.2. The van der Waals surface area contributed by atoms with Crippen LogP contribution in [0, 0.1) is 0 Å². The molecule has 2 nitrogen and oxygen atoms in total. The summed E-state index contributed by atoms with van der Waals surface area (Å²) in [7, 11) is 0. The molecule has 0 saturated heterocycles. The van der Waals surface area contributed by atoms with Gasteiger partial charge in [0.25, 0.3) is 0 Å². The number of rotatable bonds is 11. The zero-order chi connectivity index (χ0) is 12.9. The van der Waals surface area contributed by atoms with E-state index in [2.05, 4.69) is 36.5 Å². The van der Waals surface area contributed by atoms with Crippen LogP contribution >= 0.6 is 0 Å². The first-order valence-corrected chi connectivity index (χ1v) is 7.26. The molecule has 0 saturated carbocycles. The molecule has 0 aliphatic carbocycles. The van der Waals surface area contributed by atoms with Crippen molar-refractivity contribution in [2.75, 3.05) is 19.7 Å². The Bertz CT molecular complexity index is 274. The van der Waals surface area contributed by atoms with Crippen LogP contribution in [0.5, 0.6) is 0 Å². The smallest absolute Gasteiger partial charge is 0.0716 e. The van der Waals surface area contributed by atoms with E-state index in [9.17, 15) is 0 Å². The van der Waals surface area contributed by atoms with E-state index in [0.717, 1.165) is 19.8 Å². The number of ether oxygens (including phenoxy) is 1. The van der Waals surface area contributed by atoms with Gasteiger partial charge in [0.05, 0.1) is 6.61 Å². The molecule has 0 amide bonds. The Morgan fingerprint density at radius 1 is 0.944 bits per heavy atom. The first-order valence-electron chi connectivity index (χ1n) is 7.26. The van der Waals surface area contributed by atoms with Crippen molar-refractivity contribution in [3.8, 4) is 0 Å². The third kappa shape index (κ3) is 8.26. The second-order valence-corrected chi connectivity index (χ2v) is 4.70. The van der Waals surface area contributed by atoms with E-state index >= 15 is 0 Å². The first-order chi connectivity index (χ1) is 8.93. The van der Waals surface area contributed by atoms with Crippen LogP contribution in [0.15, 0.2) is 30.3 Å². The SMILES string of the molecule is CCCNCCCCCCOCc1ccccc1. The standard InChI is InChI=1S/C16H27NO/c1-2-12-17-13-8-3-4-9-14-18-15-16-10-6-5-7-11-16/h5-7,10-11,17H,2-4,8-9,12-15H2,1H3. The molecule has 0 aliphatic rings. The molecule has 1 rings (SSSR count). The third-order valence-electron chi connectivity index (χ3n) is 2.93. The quantitative estimate of drug-likeness (QED) is 0.603. The van der Waals surface area contributed by atoms with Crippen LogP contribution in [0.3, 0.4) is 0 Å². The first kappa shape index (κ1) is 15.2. The number of unbranched alkanes of at least 4 members (excludes halogenated alkanes) is 3. The van der Waals surface area contributed by atoms with E-state index in [1.54, 1.807) is 0 Å². The molecule has 18 heavy (non-hydrogen) atoms. The van der Waals surface area contributed by atoms with Crippen molar-refractivity contribution in [1.29, 1.82) is 0 Å². The minimum Gasteiger partial charge on any atom is -0.377 e. The summed E-state index contributed by atoms with van der Waals surface area (Å²) in [6.45, 7) is 6.16. The van der Waals surface area contributed by atoms with Crippen LogP contribution in [-0.4, -0.2) is 19.7 Å². The number of nitrogens with one attached hydrogen (secondary N) is 1. The second-order valence-electron chi connectivity index (χ2n) is 4.70. The van der Waals surface area contributed by atoms with Crippen LogP contribution in [0.2, 0.25) is 0 Å². The zero-order valence-corrected chi connectivity index (χ0v) is 11.7. The number of hydrogen-bond acceptors (Lipinski definition) is 2. The Hall–Kier alpha value is -0.860. The molecular weight excluding hydrogens is 222 g/mol. The van der Waals surface area contributed by atoms with Crippen molar-refractivity contribution < 1.29 is 4.74 Å². The predicted molar refractivity (Wildman–Crippen MR) is 77.7 cm³/mol. The van der Waals surface area contributed by atoms with Gasteiger partial charge in [-0.2, -0.15) is 0 Å². The van der Waals surface area contributed by atoms with Gasteiger partial charge in [-0.25, -0.2) is 0 Å². The van der Waals surface area contributed by atoms with Crippen LogP contribution in [-0.2, 0) is 11.3 Å². The summed E-state index contributed by atoms with van der Waals surface area (Å²) in [5, 5.41) is 3.43. The Morgan fingerprint density at radius 3 is 2.50 bits per heavy atom. The highest BCUT2D eigenvalue weighted by Gasteiger charge is 1.93. The van der Waals surface area contributed by atoms with E-state index in [1.807, 2.05) is 6.07 Å². The van der Waals surface area contributed by atoms with E-state index in [-0.39, 0.29) is 0 Å². The van der Waals surface area contributed by atoms with Crippen molar-refractivity contribution in [2.45, 2.75) is 45.6 Å². The van der Waals surface area contributed by atoms with Gasteiger partial charge in [0.2, 0.25) is 0 Å². The Balaban J connectivity index is 1.82. The summed E-state index contributed by atoms with van der Waals surface area (Å²) >= 11 is 0. The monoisotopic (exact) mass is 249 g/mol. The molecule has 0 heterocycles. The van der Waals surface area contributed by atoms with Gasteiger partial charge in [-0.1, -0.05) is 50.1 Å². The average molecular weight is 249 g/mol. The van der Waals surface area contributed by atoms with Gasteiger partial charge in [-0.05, 0) is 37.9 Å². The van der Waals surface area contributed by atoms with Gasteiger partial charge in [-0.15, -0.1) is 0 Å². The number of hydrogen-bond donors (Lipinski definition) is 1. The van der Waals surface area contributed by atoms with Crippen molar-refractivity contribution >= 4 is 0 Å². The van der Waals surface area contributed by atoms with Crippen LogP contribution < -0.4 is 5.32 Å². The molecule has 0 bridgehead atoms. The highest BCUT2D eigenvalue weighted by molar-refractivity contribution is 5.13. The topological polar surface area (TPSA) is 21.3 Å². The largest absolute Gasteiger partial charge is 0.377 e. The molecular formula is C16H27NO. The Labute approximate surface area is 112 Å². The highest BCUT2D eigenvalue weighted by atomic mass is 16.5. The number of benzene rings is 1. The molecule has 1 aromatic rings. The van der Waals surface area contributed by atoms with Gasteiger partial charge in [0.1, 0.15) is 0 Å². The Morgan fingerprint density at radius 2 is 1.72 bits per heavy atom. The van der Waals surface area contributed by atoms with Crippen LogP contribution in [0.4, 0.5) is 0 Å². The molecule has 0 aromatic heterocycles. The summed E-state index contributed by atoms with van der Waals surface area (Å²) in [6.07, 6.45) is 6.29. The molecule has 0 radical (unpaired) electrons.